The lowest BCUT2D eigenvalue weighted by atomic mass is 9.94. The van der Waals surface area contributed by atoms with E-state index >= 15 is 0 Å². The fraction of sp³-hybridized carbons (Fsp3) is 0.667. The van der Waals surface area contributed by atoms with Gasteiger partial charge in [0.15, 0.2) is 11.5 Å². The maximum atomic E-state index is 5.68. The van der Waals surface area contributed by atoms with Gasteiger partial charge in [-0.2, -0.15) is 0 Å². The van der Waals surface area contributed by atoms with Gasteiger partial charge in [-0.05, 0) is 24.8 Å². The third-order valence-corrected chi connectivity index (χ3v) is 4.40. The number of methoxy groups -OCH3 is 2. The van der Waals surface area contributed by atoms with Crippen molar-refractivity contribution < 1.29 is 9.47 Å². The van der Waals surface area contributed by atoms with Gasteiger partial charge in [-0.3, -0.25) is 4.90 Å². The van der Waals surface area contributed by atoms with E-state index in [4.69, 9.17) is 9.47 Å². The number of piperazine rings is 1. The summed E-state index contributed by atoms with van der Waals surface area (Å²) in [4.78, 5) is 2.58. The summed E-state index contributed by atoms with van der Waals surface area (Å²) in [5, 5.41) is 3.44. The molecule has 4 nitrogen and oxygen atoms in total. The normalized spacial score (nSPS) is 17.5. The number of nitrogens with zero attached hydrogens (tertiary/aromatic N) is 1. The van der Waals surface area contributed by atoms with Crippen molar-refractivity contribution >= 4 is 0 Å². The topological polar surface area (TPSA) is 33.7 Å². The smallest absolute Gasteiger partial charge is 0.165 e. The average molecular weight is 306 g/mol. The molecule has 124 valence electrons. The summed E-state index contributed by atoms with van der Waals surface area (Å²) < 4.78 is 11.2. The highest BCUT2D eigenvalue weighted by Gasteiger charge is 2.26. The molecule has 2 rings (SSSR count). The molecular weight excluding hydrogens is 276 g/mol. The van der Waals surface area contributed by atoms with E-state index in [0.717, 1.165) is 44.1 Å². The van der Waals surface area contributed by atoms with E-state index < -0.39 is 0 Å². The van der Waals surface area contributed by atoms with Crippen molar-refractivity contribution in [2.75, 3.05) is 40.4 Å². The Morgan fingerprint density at radius 1 is 1.09 bits per heavy atom. The molecule has 0 saturated carbocycles. The van der Waals surface area contributed by atoms with Gasteiger partial charge in [0.2, 0.25) is 0 Å². The van der Waals surface area contributed by atoms with E-state index in [1.54, 1.807) is 14.2 Å². The van der Waals surface area contributed by atoms with Gasteiger partial charge in [0.25, 0.3) is 0 Å². The first kappa shape index (κ1) is 17.1. The number of nitrogens with one attached hydrogen (secondary N) is 1. The Hall–Kier alpha value is -1.26. The van der Waals surface area contributed by atoms with Crippen LogP contribution in [-0.4, -0.2) is 45.3 Å². The van der Waals surface area contributed by atoms with Crippen LogP contribution in [-0.2, 0) is 0 Å². The second-order valence-corrected chi connectivity index (χ2v) is 6.36. The molecule has 0 aliphatic carbocycles. The molecule has 0 bridgehead atoms. The molecule has 1 aromatic rings. The molecule has 0 radical (unpaired) electrons. The Morgan fingerprint density at radius 3 is 2.41 bits per heavy atom. The van der Waals surface area contributed by atoms with Crippen molar-refractivity contribution in [3.8, 4) is 11.5 Å². The van der Waals surface area contributed by atoms with Crippen LogP contribution in [0.15, 0.2) is 18.2 Å². The lowest BCUT2D eigenvalue weighted by molar-refractivity contribution is 0.156. The fourth-order valence-electron chi connectivity index (χ4n) is 3.19. The number of hydrogen-bond acceptors (Lipinski definition) is 4. The zero-order valence-corrected chi connectivity index (χ0v) is 14.4. The molecule has 0 amide bonds. The molecule has 1 aliphatic rings. The second-order valence-electron chi connectivity index (χ2n) is 6.36. The number of hydrogen-bond donors (Lipinski definition) is 1. The highest BCUT2D eigenvalue weighted by Crippen LogP contribution is 2.39. The van der Waals surface area contributed by atoms with Gasteiger partial charge in [0.05, 0.1) is 14.2 Å². The molecule has 4 heteroatoms. The molecule has 0 unspecified atom stereocenters. The number of rotatable bonds is 7. The van der Waals surface area contributed by atoms with Gasteiger partial charge in [-0.1, -0.05) is 26.0 Å². The quantitative estimate of drug-likeness (QED) is 0.839. The Bertz CT molecular complexity index is 456. The zero-order valence-electron chi connectivity index (χ0n) is 14.4. The Labute approximate surface area is 134 Å². The molecule has 0 aromatic heterocycles. The van der Waals surface area contributed by atoms with Crippen LogP contribution in [0.5, 0.6) is 11.5 Å². The van der Waals surface area contributed by atoms with Crippen molar-refractivity contribution in [3.05, 3.63) is 23.8 Å². The summed E-state index contributed by atoms with van der Waals surface area (Å²) in [7, 11) is 3.44. The minimum atomic E-state index is 0.398. The van der Waals surface area contributed by atoms with Crippen LogP contribution in [0, 0.1) is 5.92 Å². The van der Waals surface area contributed by atoms with Crippen LogP contribution in [0.4, 0.5) is 0 Å². The molecule has 1 atom stereocenters. The molecule has 0 spiro atoms. The number of benzene rings is 1. The van der Waals surface area contributed by atoms with Crippen molar-refractivity contribution in [2.45, 2.75) is 32.7 Å². The lowest BCUT2D eigenvalue weighted by Crippen LogP contribution is -2.45. The average Bonchev–Trinajstić information content (AvgIpc) is 2.55. The minimum Gasteiger partial charge on any atom is -0.493 e. The van der Waals surface area contributed by atoms with Crippen LogP contribution < -0.4 is 14.8 Å². The summed E-state index contributed by atoms with van der Waals surface area (Å²) in [5.41, 5.74) is 1.25. The number of para-hydroxylation sites is 1. The van der Waals surface area contributed by atoms with Gasteiger partial charge in [-0.15, -0.1) is 0 Å². The lowest BCUT2D eigenvalue weighted by Gasteiger charge is -2.36. The molecule has 1 aromatic carbocycles. The van der Waals surface area contributed by atoms with Crippen LogP contribution >= 0.6 is 0 Å². The van der Waals surface area contributed by atoms with Crippen LogP contribution in [0.2, 0.25) is 0 Å². The maximum Gasteiger partial charge on any atom is 0.165 e. The SMILES string of the molecule is COc1cccc([C@@H](CCC(C)C)N2CCNCC2)c1OC. The predicted octanol–water partition coefficient (Wildman–Crippen LogP) is 3.09. The molecule has 1 fully saturated rings. The van der Waals surface area contributed by atoms with Gasteiger partial charge < -0.3 is 14.8 Å². The first-order chi connectivity index (χ1) is 10.7. The molecule has 1 N–H and O–H groups in total. The van der Waals surface area contributed by atoms with Crippen LogP contribution in [0.1, 0.15) is 38.3 Å². The summed E-state index contributed by atoms with van der Waals surface area (Å²) in [5.74, 6) is 2.42. The van der Waals surface area contributed by atoms with E-state index in [0.29, 0.717) is 12.0 Å². The minimum absolute atomic E-state index is 0.398. The molecule has 1 heterocycles. The highest BCUT2D eigenvalue weighted by atomic mass is 16.5. The monoisotopic (exact) mass is 306 g/mol. The zero-order chi connectivity index (χ0) is 15.9. The fourth-order valence-corrected chi connectivity index (χ4v) is 3.19. The number of ether oxygens (including phenoxy) is 2. The Kier molecular flexibility index (Phi) is 6.52. The molecular formula is C18H30N2O2. The summed E-state index contributed by atoms with van der Waals surface area (Å²) in [6, 6.07) is 6.63. The first-order valence-corrected chi connectivity index (χ1v) is 8.33. The van der Waals surface area contributed by atoms with Gasteiger partial charge in [0.1, 0.15) is 0 Å². The van der Waals surface area contributed by atoms with Crippen molar-refractivity contribution in [1.82, 2.24) is 10.2 Å². The van der Waals surface area contributed by atoms with Crippen LogP contribution in [0.3, 0.4) is 0 Å². The van der Waals surface area contributed by atoms with Crippen molar-refractivity contribution in [1.29, 1.82) is 0 Å². The largest absolute Gasteiger partial charge is 0.493 e. The standard InChI is InChI=1S/C18H30N2O2/c1-14(2)8-9-16(20-12-10-19-11-13-20)15-6-5-7-17(21-3)18(15)22-4/h5-7,14,16,19H,8-13H2,1-4H3/t16-/m1/s1. The van der Waals surface area contributed by atoms with Crippen molar-refractivity contribution in [3.63, 3.8) is 0 Å². The van der Waals surface area contributed by atoms with E-state index in [-0.39, 0.29) is 0 Å². The van der Waals surface area contributed by atoms with Gasteiger partial charge >= 0.3 is 0 Å². The third-order valence-electron chi connectivity index (χ3n) is 4.40. The van der Waals surface area contributed by atoms with E-state index in [2.05, 4.69) is 36.2 Å². The van der Waals surface area contributed by atoms with E-state index in [1.807, 2.05) is 6.07 Å². The summed E-state index contributed by atoms with van der Waals surface area (Å²) >= 11 is 0. The maximum absolute atomic E-state index is 5.68. The summed E-state index contributed by atoms with van der Waals surface area (Å²) in [6.45, 7) is 8.87. The molecule has 1 aliphatic heterocycles. The van der Waals surface area contributed by atoms with E-state index in [1.165, 1.54) is 12.0 Å². The second kappa shape index (κ2) is 8.39. The highest BCUT2D eigenvalue weighted by molar-refractivity contribution is 5.48. The Morgan fingerprint density at radius 2 is 1.82 bits per heavy atom. The third kappa shape index (κ3) is 4.14. The summed E-state index contributed by atoms with van der Waals surface area (Å²) in [6.07, 6.45) is 2.37. The predicted molar refractivity (Wildman–Crippen MR) is 90.8 cm³/mol. The Balaban J connectivity index is 2.30. The van der Waals surface area contributed by atoms with E-state index in [9.17, 15) is 0 Å². The van der Waals surface area contributed by atoms with Gasteiger partial charge in [-0.25, -0.2) is 0 Å². The first-order valence-electron chi connectivity index (χ1n) is 8.33. The van der Waals surface area contributed by atoms with Gasteiger partial charge in [0, 0.05) is 37.8 Å². The van der Waals surface area contributed by atoms with Crippen LogP contribution in [0.25, 0.3) is 0 Å². The molecule has 1 saturated heterocycles. The molecule has 22 heavy (non-hydrogen) atoms. The van der Waals surface area contributed by atoms with Crippen molar-refractivity contribution in [2.24, 2.45) is 5.92 Å².